The molecule has 0 spiro atoms. The standard InChI is InChI=1S/C20H27N5O/c1-15-9-10-18(23-13-15)24-19(26)11-12-22-20(21-3)25(4)14-17-8-6-5-7-16(17)2/h5-10,13H,11-12,14H2,1-4H3,(H,21,22)(H,23,24,26). The number of anilines is 1. The number of carbonyl (C=O) groups excluding carboxylic acids is 1. The fourth-order valence-electron chi connectivity index (χ4n) is 2.54. The average molecular weight is 353 g/mol. The Bertz CT molecular complexity index is 755. The normalized spacial score (nSPS) is 11.2. The zero-order chi connectivity index (χ0) is 18.9. The molecular weight excluding hydrogens is 326 g/mol. The lowest BCUT2D eigenvalue weighted by molar-refractivity contribution is -0.116. The van der Waals surface area contributed by atoms with Gasteiger partial charge in [0.1, 0.15) is 5.82 Å². The third kappa shape index (κ3) is 5.88. The van der Waals surface area contributed by atoms with Crippen molar-refractivity contribution < 1.29 is 4.79 Å². The fraction of sp³-hybridized carbons (Fsp3) is 0.350. The van der Waals surface area contributed by atoms with Crippen LogP contribution >= 0.6 is 0 Å². The fourth-order valence-corrected chi connectivity index (χ4v) is 2.54. The maximum atomic E-state index is 12.0. The van der Waals surface area contributed by atoms with Gasteiger partial charge in [-0.1, -0.05) is 30.3 Å². The van der Waals surface area contributed by atoms with Crippen molar-refractivity contribution >= 4 is 17.7 Å². The van der Waals surface area contributed by atoms with Gasteiger partial charge in [-0.25, -0.2) is 4.98 Å². The van der Waals surface area contributed by atoms with Crippen molar-refractivity contribution in [2.45, 2.75) is 26.8 Å². The van der Waals surface area contributed by atoms with Crippen LogP contribution in [0.25, 0.3) is 0 Å². The van der Waals surface area contributed by atoms with Crippen LogP contribution in [0.1, 0.15) is 23.1 Å². The molecule has 1 heterocycles. The number of hydrogen-bond donors (Lipinski definition) is 2. The summed E-state index contributed by atoms with van der Waals surface area (Å²) in [7, 11) is 3.73. The van der Waals surface area contributed by atoms with Crippen LogP contribution in [0, 0.1) is 13.8 Å². The first-order chi connectivity index (χ1) is 12.5. The summed E-state index contributed by atoms with van der Waals surface area (Å²) in [5.41, 5.74) is 3.56. The maximum Gasteiger partial charge on any atom is 0.227 e. The summed E-state index contributed by atoms with van der Waals surface area (Å²) in [5.74, 6) is 1.25. The molecule has 26 heavy (non-hydrogen) atoms. The Balaban J connectivity index is 1.80. The molecule has 1 amide bonds. The minimum absolute atomic E-state index is 0.0779. The van der Waals surface area contributed by atoms with Gasteiger partial charge in [-0.05, 0) is 36.6 Å². The van der Waals surface area contributed by atoms with Crippen LogP contribution in [0.15, 0.2) is 47.6 Å². The van der Waals surface area contributed by atoms with E-state index in [-0.39, 0.29) is 5.91 Å². The average Bonchev–Trinajstić information content (AvgIpc) is 2.62. The van der Waals surface area contributed by atoms with Crippen molar-refractivity contribution in [2.75, 3.05) is 26.0 Å². The number of guanidine groups is 1. The van der Waals surface area contributed by atoms with E-state index in [1.807, 2.05) is 37.1 Å². The van der Waals surface area contributed by atoms with Crippen LogP contribution < -0.4 is 10.6 Å². The molecule has 0 bridgehead atoms. The van der Waals surface area contributed by atoms with Crippen molar-refractivity contribution in [3.05, 3.63) is 59.3 Å². The van der Waals surface area contributed by atoms with E-state index < -0.39 is 0 Å². The first-order valence-corrected chi connectivity index (χ1v) is 8.68. The van der Waals surface area contributed by atoms with E-state index in [1.165, 1.54) is 11.1 Å². The molecule has 0 aliphatic heterocycles. The zero-order valence-electron chi connectivity index (χ0n) is 15.9. The number of nitrogens with one attached hydrogen (secondary N) is 2. The van der Waals surface area contributed by atoms with Crippen LogP contribution in [0.3, 0.4) is 0 Å². The maximum absolute atomic E-state index is 12.0. The second-order valence-electron chi connectivity index (χ2n) is 6.28. The molecule has 138 valence electrons. The van der Waals surface area contributed by atoms with E-state index in [9.17, 15) is 4.79 Å². The lowest BCUT2D eigenvalue weighted by atomic mass is 10.1. The predicted octanol–water partition coefficient (Wildman–Crippen LogP) is 2.73. The smallest absolute Gasteiger partial charge is 0.227 e. The van der Waals surface area contributed by atoms with E-state index >= 15 is 0 Å². The van der Waals surface area contributed by atoms with Crippen molar-refractivity contribution in [2.24, 2.45) is 4.99 Å². The highest BCUT2D eigenvalue weighted by Gasteiger charge is 2.09. The molecule has 1 aromatic heterocycles. The van der Waals surface area contributed by atoms with Crippen molar-refractivity contribution in [1.82, 2.24) is 15.2 Å². The van der Waals surface area contributed by atoms with Crippen molar-refractivity contribution in [1.29, 1.82) is 0 Å². The molecule has 0 saturated heterocycles. The number of carbonyl (C=O) groups is 1. The van der Waals surface area contributed by atoms with Crippen LogP contribution in [-0.4, -0.2) is 42.4 Å². The number of hydrogen-bond acceptors (Lipinski definition) is 3. The van der Waals surface area contributed by atoms with Crippen molar-refractivity contribution in [3.63, 3.8) is 0 Å². The van der Waals surface area contributed by atoms with Gasteiger partial charge in [0.2, 0.25) is 5.91 Å². The van der Waals surface area contributed by atoms with Crippen LogP contribution in [0.4, 0.5) is 5.82 Å². The first-order valence-electron chi connectivity index (χ1n) is 8.68. The van der Waals surface area contributed by atoms with Gasteiger partial charge in [-0.3, -0.25) is 9.79 Å². The zero-order valence-corrected chi connectivity index (χ0v) is 15.9. The molecule has 2 N–H and O–H groups in total. The summed E-state index contributed by atoms with van der Waals surface area (Å²) in [4.78, 5) is 22.5. The minimum Gasteiger partial charge on any atom is -0.356 e. The molecule has 0 atom stereocenters. The van der Waals surface area contributed by atoms with Crippen LogP contribution in [-0.2, 0) is 11.3 Å². The minimum atomic E-state index is -0.0779. The van der Waals surface area contributed by atoms with Gasteiger partial charge in [0.15, 0.2) is 5.96 Å². The summed E-state index contributed by atoms with van der Waals surface area (Å²) in [5, 5.41) is 6.02. The number of nitrogens with zero attached hydrogens (tertiary/aromatic N) is 3. The Morgan fingerprint density at radius 2 is 1.96 bits per heavy atom. The largest absolute Gasteiger partial charge is 0.356 e. The van der Waals surface area contributed by atoms with Crippen LogP contribution in [0.5, 0.6) is 0 Å². The van der Waals surface area contributed by atoms with Gasteiger partial charge < -0.3 is 15.5 Å². The summed E-state index contributed by atoms with van der Waals surface area (Å²) >= 11 is 0. The second kappa shape index (κ2) is 9.56. The predicted molar refractivity (Wildman–Crippen MR) is 106 cm³/mol. The van der Waals surface area contributed by atoms with E-state index in [1.54, 1.807) is 19.3 Å². The molecule has 0 saturated carbocycles. The Morgan fingerprint density at radius 3 is 2.62 bits per heavy atom. The topological polar surface area (TPSA) is 69.6 Å². The summed E-state index contributed by atoms with van der Waals surface area (Å²) in [6.07, 6.45) is 2.07. The number of aromatic nitrogens is 1. The Hall–Kier alpha value is -2.89. The van der Waals surface area contributed by atoms with Gasteiger partial charge in [0.25, 0.3) is 0 Å². The number of rotatable bonds is 6. The van der Waals surface area contributed by atoms with Gasteiger partial charge >= 0.3 is 0 Å². The number of pyridine rings is 1. The molecule has 2 aromatic rings. The second-order valence-corrected chi connectivity index (χ2v) is 6.28. The number of benzene rings is 1. The number of aryl methyl sites for hydroxylation is 2. The molecule has 6 heteroatoms. The van der Waals surface area contributed by atoms with Crippen LogP contribution in [0.2, 0.25) is 0 Å². The van der Waals surface area contributed by atoms with Gasteiger partial charge in [-0.2, -0.15) is 0 Å². The molecule has 6 nitrogen and oxygen atoms in total. The highest BCUT2D eigenvalue weighted by molar-refractivity contribution is 5.90. The van der Waals surface area contributed by atoms with Gasteiger partial charge in [0.05, 0.1) is 0 Å². The Morgan fingerprint density at radius 1 is 1.19 bits per heavy atom. The third-order valence-electron chi connectivity index (χ3n) is 4.06. The molecule has 2 rings (SSSR count). The molecular formula is C20H27N5O. The molecule has 0 radical (unpaired) electrons. The number of aliphatic imine (C=N–C) groups is 1. The van der Waals surface area contributed by atoms with Gasteiger partial charge in [0, 0.05) is 39.8 Å². The lowest BCUT2D eigenvalue weighted by Gasteiger charge is -2.23. The van der Waals surface area contributed by atoms with E-state index in [2.05, 4.69) is 39.7 Å². The van der Waals surface area contributed by atoms with E-state index in [0.717, 1.165) is 18.1 Å². The molecule has 0 unspecified atom stereocenters. The SMILES string of the molecule is CN=C(NCCC(=O)Nc1ccc(C)cn1)N(C)Cc1ccccc1C. The summed E-state index contributed by atoms with van der Waals surface area (Å²) in [6.45, 7) is 5.32. The van der Waals surface area contributed by atoms with E-state index in [0.29, 0.717) is 18.8 Å². The molecule has 0 fully saturated rings. The monoisotopic (exact) mass is 353 g/mol. The molecule has 1 aromatic carbocycles. The Kier molecular flexibility index (Phi) is 7.14. The highest BCUT2D eigenvalue weighted by Crippen LogP contribution is 2.09. The Labute approximate surface area is 155 Å². The van der Waals surface area contributed by atoms with Crippen molar-refractivity contribution in [3.8, 4) is 0 Å². The number of amides is 1. The van der Waals surface area contributed by atoms with E-state index in [4.69, 9.17) is 0 Å². The molecule has 0 aliphatic carbocycles. The third-order valence-corrected chi connectivity index (χ3v) is 4.06. The molecule has 0 aliphatic rings. The quantitative estimate of drug-likeness (QED) is 0.619. The van der Waals surface area contributed by atoms with Gasteiger partial charge in [-0.15, -0.1) is 0 Å². The summed E-state index contributed by atoms with van der Waals surface area (Å²) in [6, 6.07) is 12.0. The highest BCUT2D eigenvalue weighted by atomic mass is 16.1. The first kappa shape index (κ1) is 19.4. The lowest BCUT2D eigenvalue weighted by Crippen LogP contribution is -2.39. The summed E-state index contributed by atoms with van der Waals surface area (Å²) < 4.78 is 0.